The summed E-state index contributed by atoms with van der Waals surface area (Å²) < 4.78 is 9.26. The van der Waals surface area contributed by atoms with Gasteiger partial charge in [0.15, 0.2) is 6.61 Å². The Kier molecular flexibility index (Phi) is 6.42. The van der Waals surface area contributed by atoms with Gasteiger partial charge in [0.05, 0.1) is 5.56 Å². The van der Waals surface area contributed by atoms with E-state index in [2.05, 4.69) is 9.72 Å². The Morgan fingerprint density at radius 2 is 1.52 bits per heavy atom. The van der Waals surface area contributed by atoms with Gasteiger partial charge in [0.25, 0.3) is 11.1 Å². The predicted molar refractivity (Wildman–Crippen MR) is 94.0 cm³/mol. The van der Waals surface area contributed by atoms with Gasteiger partial charge in [-0.05, 0) is 0 Å². The number of hydrogen-bond acceptors (Lipinski definition) is 10. The molecule has 0 amide bonds. The van der Waals surface area contributed by atoms with Crippen LogP contribution in [0.1, 0.15) is 15.9 Å². The molecule has 2 heterocycles. The zero-order valence-electron chi connectivity index (χ0n) is 14.4. The van der Waals surface area contributed by atoms with Crippen molar-refractivity contribution in [2.75, 3.05) is 12.3 Å². The standard InChI is InChI=1S/C15H13N5O9/c16-11-10(13(25)20-15(27)18-11)7(21)5-29-9(23)2-1-8(22)28-4-6-3-17-14(26)19-12(6)24/h1-3H,4-5H2,(H2,17,19,24,26)(H4,16,18,20,25,27)/b2-1+. The highest BCUT2D eigenvalue weighted by Gasteiger charge is 2.17. The largest absolute Gasteiger partial charge is 0.457 e. The first kappa shape index (κ1) is 20.8. The van der Waals surface area contributed by atoms with Crippen molar-refractivity contribution in [3.8, 4) is 0 Å². The van der Waals surface area contributed by atoms with E-state index in [0.717, 1.165) is 6.20 Å². The monoisotopic (exact) mass is 407 g/mol. The molecule has 0 radical (unpaired) electrons. The summed E-state index contributed by atoms with van der Waals surface area (Å²) in [5, 5.41) is 0. The van der Waals surface area contributed by atoms with Gasteiger partial charge in [-0.3, -0.25) is 29.3 Å². The summed E-state index contributed by atoms with van der Waals surface area (Å²) in [5.41, 5.74) is 1.30. The lowest BCUT2D eigenvalue weighted by Crippen LogP contribution is -2.31. The Balaban J connectivity index is 1.87. The fourth-order valence-electron chi connectivity index (χ4n) is 1.92. The quantitative estimate of drug-likeness (QED) is 0.178. The average Bonchev–Trinajstić information content (AvgIpc) is 2.63. The Bertz CT molecular complexity index is 1210. The minimum absolute atomic E-state index is 0.0387. The van der Waals surface area contributed by atoms with Crippen LogP contribution in [-0.2, 0) is 25.7 Å². The number of carbonyl (C=O) groups is 3. The molecule has 0 fully saturated rings. The van der Waals surface area contributed by atoms with E-state index in [9.17, 15) is 33.6 Å². The number of ether oxygens (including phenoxy) is 2. The van der Waals surface area contributed by atoms with E-state index in [1.807, 2.05) is 9.97 Å². The normalized spacial score (nSPS) is 10.6. The second-order valence-electron chi connectivity index (χ2n) is 5.27. The maximum atomic E-state index is 11.9. The first-order valence-electron chi connectivity index (χ1n) is 7.65. The van der Waals surface area contributed by atoms with Crippen LogP contribution in [-0.4, -0.2) is 44.3 Å². The molecule has 0 bridgehead atoms. The molecule has 6 N–H and O–H groups in total. The minimum Gasteiger partial charge on any atom is -0.457 e. The highest BCUT2D eigenvalue weighted by atomic mass is 16.5. The van der Waals surface area contributed by atoms with Crippen LogP contribution in [0, 0.1) is 0 Å². The van der Waals surface area contributed by atoms with Crippen molar-refractivity contribution in [1.82, 2.24) is 19.9 Å². The van der Waals surface area contributed by atoms with E-state index in [0.29, 0.717) is 12.2 Å². The Morgan fingerprint density at radius 3 is 2.14 bits per heavy atom. The van der Waals surface area contributed by atoms with Gasteiger partial charge in [-0.1, -0.05) is 0 Å². The number of H-pyrrole nitrogens is 4. The summed E-state index contributed by atoms with van der Waals surface area (Å²) in [6.07, 6.45) is 2.38. The molecule has 0 saturated heterocycles. The number of hydrogen-bond donors (Lipinski definition) is 5. The van der Waals surface area contributed by atoms with Gasteiger partial charge in [0.1, 0.15) is 18.0 Å². The third kappa shape index (κ3) is 5.75. The number of esters is 2. The van der Waals surface area contributed by atoms with Crippen molar-refractivity contribution in [2.45, 2.75) is 6.61 Å². The number of ketones is 1. The molecule has 0 aliphatic heterocycles. The molecule has 0 atom stereocenters. The lowest BCUT2D eigenvalue weighted by molar-refractivity contribution is -0.140. The van der Waals surface area contributed by atoms with Crippen LogP contribution in [0.2, 0.25) is 0 Å². The third-order valence-electron chi connectivity index (χ3n) is 3.22. The van der Waals surface area contributed by atoms with Gasteiger partial charge in [-0.2, -0.15) is 0 Å². The third-order valence-corrected chi connectivity index (χ3v) is 3.22. The van der Waals surface area contributed by atoms with E-state index >= 15 is 0 Å². The summed E-state index contributed by atoms with van der Waals surface area (Å²) in [6, 6.07) is 0. The number of rotatable bonds is 7. The predicted octanol–water partition coefficient (Wildman–Crippen LogP) is -2.95. The molecule has 2 aromatic heterocycles. The number of nitrogen functional groups attached to an aromatic ring is 1. The van der Waals surface area contributed by atoms with Crippen molar-refractivity contribution in [2.24, 2.45) is 0 Å². The van der Waals surface area contributed by atoms with Crippen molar-refractivity contribution in [3.05, 3.63) is 71.2 Å². The molecule has 0 aromatic carbocycles. The molecule has 0 aliphatic rings. The second kappa shape index (κ2) is 8.94. The number of aromatic amines is 4. The number of aromatic nitrogens is 4. The molecule has 0 saturated carbocycles. The van der Waals surface area contributed by atoms with Gasteiger partial charge < -0.3 is 20.2 Å². The number of anilines is 1. The van der Waals surface area contributed by atoms with Crippen LogP contribution in [0.3, 0.4) is 0 Å². The Hall–Kier alpha value is -4.49. The van der Waals surface area contributed by atoms with Gasteiger partial charge in [-0.15, -0.1) is 0 Å². The Morgan fingerprint density at radius 1 is 0.897 bits per heavy atom. The molecule has 0 aliphatic carbocycles. The van der Waals surface area contributed by atoms with Gasteiger partial charge in [0.2, 0.25) is 5.78 Å². The first-order chi connectivity index (χ1) is 13.7. The highest BCUT2D eigenvalue weighted by molar-refractivity contribution is 6.01. The van der Waals surface area contributed by atoms with E-state index in [1.165, 1.54) is 0 Å². The van der Waals surface area contributed by atoms with E-state index in [4.69, 9.17) is 10.5 Å². The molecule has 14 heteroatoms. The second-order valence-corrected chi connectivity index (χ2v) is 5.27. The number of carbonyl (C=O) groups excluding carboxylic acids is 3. The summed E-state index contributed by atoms with van der Waals surface area (Å²) in [6.45, 7) is -1.36. The van der Waals surface area contributed by atoms with E-state index in [-0.39, 0.29) is 5.56 Å². The van der Waals surface area contributed by atoms with Crippen LogP contribution < -0.4 is 28.2 Å². The van der Waals surface area contributed by atoms with Crippen molar-refractivity contribution < 1.29 is 23.9 Å². The van der Waals surface area contributed by atoms with Gasteiger partial charge >= 0.3 is 23.3 Å². The lowest BCUT2D eigenvalue weighted by Gasteiger charge is -2.03. The highest BCUT2D eigenvalue weighted by Crippen LogP contribution is 2.01. The van der Waals surface area contributed by atoms with Crippen LogP contribution >= 0.6 is 0 Å². The van der Waals surface area contributed by atoms with Crippen molar-refractivity contribution in [3.63, 3.8) is 0 Å². The fraction of sp³-hybridized carbons (Fsp3) is 0.133. The van der Waals surface area contributed by atoms with Gasteiger partial charge in [-0.25, -0.2) is 19.2 Å². The maximum Gasteiger partial charge on any atom is 0.331 e. The number of nitrogens with two attached hydrogens (primary N) is 1. The summed E-state index contributed by atoms with van der Waals surface area (Å²) in [4.78, 5) is 87.7. The van der Waals surface area contributed by atoms with Crippen molar-refractivity contribution in [1.29, 1.82) is 0 Å². The molecule has 2 rings (SSSR count). The van der Waals surface area contributed by atoms with Crippen LogP contribution in [0.15, 0.2) is 37.5 Å². The summed E-state index contributed by atoms with van der Waals surface area (Å²) >= 11 is 0. The molecular weight excluding hydrogens is 394 g/mol. The molecule has 152 valence electrons. The van der Waals surface area contributed by atoms with E-state index < -0.39 is 64.8 Å². The number of Topliss-reactive ketones (excluding diaryl/α,β-unsaturated/α-hetero) is 1. The zero-order chi connectivity index (χ0) is 21.6. The average molecular weight is 407 g/mol. The summed E-state index contributed by atoms with van der Waals surface area (Å²) in [5.74, 6) is -3.60. The maximum absolute atomic E-state index is 11.9. The molecule has 14 nitrogen and oxygen atoms in total. The molecule has 0 spiro atoms. The van der Waals surface area contributed by atoms with Crippen LogP contribution in [0.25, 0.3) is 0 Å². The van der Waals surface area contributed by atoms with Gasteiger partial charge in [0, 0.05) is 18.3 Å². The fourth-order valence-corrected chi connectivity index (χ4v) is 1.92. The Labute approximate surface area is 158 Å². The van der Waals surface area contributed by atoms with Crippen LogP contribution in [0.4, 0.5) is 5.82 Å². The first-order valence-corrected chi connectivity index (χ1v) is 7.65. The topological polar surface area (TPSA) is 227 Å². The molecular formula is C15H13N5O9. The minimum atomic E-state index is -1.11. The number of nitrogens with one attached hydrogen (secondary N) is 4. The van der Waals surface area contributed by atoms with Crippen LogP contribution in [0.5, 0.6) is 0 Å². The molecule has 2 aromatic rings. The van der Waals surface area contributed by atoms with E-state index in [1.54, 1.807) is 4.98 Å². The summed E-state index contributed by atoms with van der Waals surface area (Å²) in [7, 11) is 0. The molecule has 0 unspecified atom stereocenters. The molecule has 29 heavy (non-hydrogen) atoms. The SMILES string of the molecule is Nc1[nH]c(=O)[nH]c(=O)c1C(=O)COC(=O)/C=C/C(=O)OCc1c[nH]c(=O)[nH]c1=O. The zero-order valence-corrected chi connectivity index (χ0v) is 14.4. The van der Waals surface area contributed by atoms with Crippen molar-refractivity contribution >= 4 is 23.5 Å². The smallest absolute Gasteiger partial charge is 0.331 e. The lowest BCUT2D eigenvalue weighted by atomic mass is 10.2.